The molecule has 7 aromatic carbocycles. The van der Waals surface area contributed by atoms with E-state index < -0.39 is 0 Å². The van der Waals surface area contributed by atoms with Crippen molar-refractivity contribution in [3.63, 3.8) is 0 Å². The van der Waals surface area contributed by atoms with Crippen molar-refractivity contribution in [1.29, 1.82) is 0 Å². The first kappa shape index (κ1) is 68.7. The molecule has 105 heavy (non-hydrogen) atoms. The molecule has 0 amide bonds. The number of hydrogen-bond acceptors (Lipinski definition) is 2. The number of hydrogen-bond donors (Lipinski definition) is 0. The molecule has 16 nitrogen and oxygen atoms in total. The Morgan fingerprint density at radius 2 is 0.571 bits per heavy atom. The molecule has 14 heterocycles. The van der Waals surface area contributed by atoms with Gasteiger partial charge in [0.15, 0.2) is 0 Å². The quantitative estimate of drug-likeness (QED) is 0.151. The number of imidazole rings is 9. The highest BCUT2D eigenvalue weighted by atomic mass is 15.2. The zero-order chi connectivity index (χ0) is 74.0. The summed E-state index contributed by atoms with van der Waals surface area (Å²) in [6.45, 7) is 30.2. The van der Waals surface area contributed by atoms with Gasteiger partial charge in [-0.05, 0) is 192 Å². The molecule has 14 aromatic heterocycles. The van der Waals surface area contributed by atoms with Gasteiger partial charge in [0.2, 0.25) is 11.6 Å². The van der Waals surface area contributed by atoms with E-state index in [0.717, 1.165) is 22.6 Å². The van der Waals surface area contributed by atoms with E-state index in [9.17, 15) is 0 Å². The van der Waals surface area contributed by atoms with E-state index in [1.807, 2.05) is 12.1 Å². The van der Waals surface area contributed by atoms with E-state index in [4.69, 9.17) is 0 Å². The number of fused-ring (bicyclic) bond motifs is 21. The van der Waals surface area contributed by atoms with Crippen LogP contribution in [0.5, 0.6) is 0 Å². The molecule has 0 aliphatic carbocycles. The third-order valence-electron chi connectivity index (χ3n) is 23.1. The van der Waals surface area contributed by atoms with Gasteiger partial charge >= 0.3 is 0 Å². The number of para-hydroxylation sites is 10. The molecule has 0 atom stereocenters. The topological polar surface area (TPSA) is 91.2 Å². The molecular weight excluding hydrogens is 1290 g/mol. The van der Waals surface area contributed by atoms with Crippen LogP contribution < -0.4 is 0 Å². The summed E-state index contributed by atoms with van der Waals surface area (Å²) in [7, 11) is 14.7. The third-order valence-corrected chi connectivity index (χ3v) is 23.1. The Bertz CT molecular complexity index is 6310. The zero-order valence-electron chi connectivity index (χ0n) is 64.7. The van der Waals surface area contributed by atoms with Gasteiger partial charge in [0.1, 0.15) is 28.2 Å². The summed E-state index contributed by atoms with van der Waals surface area (Å²) in [5.74, 6) is 2.04. The van der Waals surface area contributed by atoms with Gasteiger partial charge in [-0.3, -0.25) is 17.6 Å². The fourth-order valence-corrected chi connectivity index (χ4v) is 15.9. The van der Waals surface area contributed by atoms with Crippen molar-refractivity contribution in [2.75, 3.05) is 0 Å². The van der Waals surface area contributed by atoms with Gasteiger partial charge in [-0.1, -0.05) is 109 Å². The molecule has 0 saturated heterocycles. The van der Waals surface area contributed by atoms with Crippen molar-refractivity contribution in [1.82, 2.24) is 72.7 Å². The van der Waals surface area contributed by atoms with Crippen molar-refractivity contribution >= 4 is 117 Å². The smallest absolute Gasteiger partial charge is 0.215 e. The largest absolute Gasteiger partial charge is 0.332 e. The molecule has 0 unspecified atom stereocenters. The standard InChI is InChI=1S/5C13H14N2.2C12H13N3/c2*1-9-10(2)15-8-11-6-4-5-7-12(11)13(15)14(9)3;1-9-8-15-12-7-5-4-6-11(12)14(3)13(15)10(9)2;2*1-9-8-13-14(3)11-6-4-5-7-12(11)15(13)10(9)2;2*1-8-9(2)15-11-7-5-4-6-10(11)13-12(15)14(8)3/h5*4-8H,1-3H3;2*4-7H,1-3H3. The summed E-state index contributed by atoms with van der Waals surface area (Å²) in [6, 6.07) is 63.6. The second-order valence-corrected chi connectivity index (χ2v) is 28.7. The highest BCUT2D eigenvalue weighted by molar-refractivity contribution is 5.97. The Morgan fingerprint density at radius 3 is 0.981 bits per heavy atom. The molecular formula is C89H96N16. The summed E-state index contributed by atoms with van der Waals surface area (Å²) in [4.78, 5) is 9.24. The molecule has 532 valence electrons. The monoisotopic (exact) mass is 1390 g/mol. The average molecular weight is 1390 g/mol. The minimum absolute atomic E-state index is 1.02. The van der Waals surface area contributed by atoms with Gasteiger partial charge in [0.05, 0.1) is 55.2 Å². The van der Waals surface area contributed by atoms with Crippen molar-refractivity contribution in [3.05, 3.63) is 280 Å². The summed E-state index contributed by atoms with van der Waals surface area (Å²) in [5, 5.41) is 5.28. The Labute approximate surface area is 611 Å². The Balaban J connectivity index is 0.0000000983. The Kier molecular flexibility index (Phi) is 17.2. The van der Waals surface area contributed by atoms with Crippen LogP contribution in [0.2, 0.25) is 0 Å². The first-order valence-electron chi connectivity index (χ1n) is 36.3. The summed E-state index contributed by atoms with van der Waals surface area (Å²) in [5.41, 5.74) is 37.1. The Hall–Kier alpha value is -12.0. The maximum atomic E-state index is 4.62. The number of aryl methyl sites for hydroxylation is 17. The fourth-order valence-electron chi connectivity index (χ4n) is 15.9. The Morgan fingerprint density at radius 1 is 0.238 bits per heavy atom. The van der Waals surface area contributed by atoms with E-state index in [0.29, 0.717) is 0 Å². The van der Waals surface area contributed by atoms with Gasteiger partial charge in [0, 0.05) is 146 Å². The van der Waals surface area contributed by atoms with E-state index in [1.54, 1.807) is 0 Å². The van der Waals surface area contributed by atoms with Gasteiger partial charge in [-0.25, -0.2) is 9.97 Å². The maximum Gasteiger partial charge on any atom is 0.215 e. The van der Waals surface area contributed by atoms with Crippen molar-refractivity contribution < 1.29 is 0 Å². The second kappa shape index (κ2) is 26.3. The van der Waals surface area contributed by atoms with Crippen molar-refractivity contribution in [2.24, 2.45) is 49.3 Å². The fraction of sp³-hybridized carbons (Fsp3) is 0.236. The van der Waals surface area contributed by atoms with Crippen molar-refractivity contribution in [2.45, 2.75) is 96.9 Å². The molecule has 0 aliphatic rings. The van der Waals surface area contributed by atoms with Crippen LogP contribution in [0.3, 0.4) is 0 Å². The maximum absolute atomic E-state index is 4.62. The molecule has 0 saturated carbocycles. The first-order chi connectivity index (χ1) is 50.4. The van der Waals surface area contributed by atoms with E-state index in [-0.39, 0.29) is 0 Å². The van der Waals surface area contributed by atoms with E-state index in [2.05, 4.69) is 407 Å². The number of aromatic nitrogens is 16. The zero-order valence-corrected chi connectivity index (χ0v) is 64.7. The van der Waals surface area contributed by atoms with Crippen LogP contribution in [0.25, 0.3) is 117 Å². The molecule has 0 aliphatic heterocycles. The molecule has 21 aromatic rings. The second-order valence-electron chi connectivity index (χ2n) is 28.7. The van der Waals surface area contributed by atoms with Crippen LogP contribution in [0.15, 0.2) is 201 Å². The molecule has 0 fully saturated rings. The van der Waals surface area contributed by atoms with Gasteiger partial charge in [-0.15, -0.1) is 0 Å². The summed E-state index contributed by atoms with van der Waals surface area (Å²) in [6.07, 6.45) is 6.65. The molecule has 0 bridgehead atoms. The highest BCUT2D eigenvalue weighted by Gasteiger charge is 2.19. The lowest BCUT2D eigenvalue weighted by atomic mass is 10.2. The van der Waals surface area contributed by atoms with Crippen LogP contribution in [-0.2, 0) is 49.3 Å². The van der Waals surface area contributed by atoms with Crippen LogP contribution in [0.1, 0.15) is 79.2 Å². The van der Waals surface area contributed by atoms with Crippen LogP contribution in [0.4, 0.5) is 0 Å². The predicted octanol–water partition coefficient (Wildman–Crippen LogP) is 20.1. The van der Waals surface area contributed by atoms with Crippen LogP contribution in [-0.4, -0.2) is 72.7 Å². The van der Waals surface area contributed by atoms with Gasteiger partial charge in [-0.2, -0.15) is 0 Å². The van der Waals surface area contributed by atoms with Crippen LogP contribution >= 0.6 is 0 Å². The van der Waals surface area contributed by atoms with Crippen molar-refractivity contribution in [3.8, 4) is 0 Å². The normalized spacial score (nSPS) is 11.7. The van der Waals surface area contributed by atoms with Crippen LogP contribution in [0, 0.1) is 96.9 Å². The number of rotatable bonds is 0. The number of benzene rings is 7. The molecule has 0 spiro atoms. The van der Waals surface area contributed by atoms with Gasteiger partial charge in [0.25, 0.3) is 0 Å². The molecule has 21 rings (SSSR count). The predicted molar refractivity (Wildman–Crippen MR) is 439 cm³/mol. The number of nitrogens with zero attached hydrogens (tertiary/aromatic N) is 16. The van der Waals surface area contributed by atoms with Gasteiger partial charge < -0.3 is 45.2 Å². The first-order valence-corrected chi connectivity index (χ1v) is 36.3. The minimum atomic E-state index is 1.02. The molecule has 16 heteroatoms. The molecule has 0 N–H and O–H groups in total. The lowest BCUT2D eigenvalue weighted by Crippen LogP contribution is -1.91. The minimum Gasteiger partial charge on any atom is -0.332 e. The summed E-state index contributed by atoms with van der Waals surface area (Å²) < 4.78 is 31.5. The average Bonchev–Trinajstić information content (AvgIpc) is 1.69. The third kappa shape index (κ3) is 10.9. The van der Waals surface area contributed by atoms with E-state index in [1.165, 1.54) is 173 Å². The highest BCUT2D eigenvalue weighted by Crippen LogP contribution is 2.32. The van der Waals surface area contributed by atoms with E-state index >= 15 is 0 Å². The molecule has 0 radical (unpaired) electrons. The lowest BCUT2D eigenvalue weighted by molar-refractivity contribution is 0.896. The summed E-state index contributed by atoms with van der Waals surface area (Å²) >= 11 is 0. The lowest BCUT2D eigenvalue weighted by Gasteiger charge is -1.97. The SMILES string of the molecule is Cc1c(C)n2c3ccccc3nc2n1C.Cc1c(C)n2c3ccccc3nc2n1C.Cc1c(C)n2cc3ccccc3c2n1C.Cc1c(C)n2cc3ccccc3c2n1C.Cc1cc2n(C)c3ccccc3n2c1C.Cc1cc2n(C)c3ccccc3n2c1C.Cc1cn2c3ccccc3n(C)c2c1C.